The smallest absolute Gasteiger partial charge is 0.235 e. The molecule has 0 bridgehead atoms. The van der Waals surface area contributed by atoms with Gasteiger partial charge in [0.1, 0.15) is 11.3 Å². The van der Waals surface area contributed by atoms with Crippen molar-refractivity contribution in [2.24, 2.45) is 4.99 Å². The van der Waals surface area contributed by atoms with E-state index in [1.54, 1.807) is 12.1 Å². The van der Waals surface area contributed by atoms with E-state index < -0.39 is 5.54 Å². The topological polar surface area (TPSA) is 49.7 Å². The van der Waals surface area contributed by atoms with Crippen LogP contribution in [0.4, 0.5) is 0 Å². The molecule has 19 heavy (non-hydrogen) atoms. The second-order valence-corrected chi connectivity index (χ2v) is 5.90. The number of isocyanates is 1. The van der Waals surface area contributed by atoms with E-state index in [2.05, 4.69) is 18.8 Å². The molecule has 4 heteroatoms. The molecule has 1 N–H and O–H groups in total. The molecule has 0 saturated heterocycles. The summed E-state index contributed by atoms with van der Waals surface area (Å²) in [5.41, 5.74) is 1.08. The van der Waals surface area contributed by atoms with E-state index in [1.165, 1.54) is 0 Å². The van der Waals surface area contributed by atoms with Crippen molar-refractivity contribution in [3.05, 3.63) is 28.3 Å². The highest BCUT2D eigenvalue weighted by Crippen LogP contribution is 2.48. The predicted octanol–water partition coefficient (Wildman–Crippen LogP) is 4.27. The molecule has 1 fully saturated rings. The zero-order valence-corrected chi connectivity index (χ0v) is 12.0. The third-order valence-electron chi connectivity index (χ3n) is 3.94. The Morgan fingerprint density at radius 2 is 2.00 bits per heavy atom. The molecular formula is C15H18ClNO2. The Bertz CT molecular complexity index is 527. The molecule has 2 rings (SSSR count). The van der Waals surface area contributed by atoms with Crippen LogP contribution in [0.25, 0.3) is 0 Å². The quantitative estimate of drug-likeness (QED) is 0.663. The summed E-state index contributed by atoms with van der Waals surface area (Å²) in [5, 5.41) is 10.6. The van der Waals surface area contributed by atoms with Gasteiger partial charge in [0.05, 0.1) is 5.02 Å². The van der Waals surface area contributed by atoms with Crippen LogP contribution in [0, 0.1) is 0 Å². The number of phenolic OH excluding ortho intramolecular Hbond substituents is 1. The van der Waals surface area contributed by atoms with E-state index in [0.717, 1.165) is 31.2 Å². The molecule has 1 aliphatic rings. The van der Waals surface area contributed by atoms with Crippen molar-refractivity contribution in [1.29, 1.82) is 0 Å². The zero-order chi connectivity index (χ0) is 14.0. The maximum absolute atomic E-state index is 10.7. The molecule has 3 nitrogen and oxygen atoms in total. The van der Waals surface area contributed by atoms with Gasteiger partial charge >= 0.3 is 0 Å². The Kier molecular flexibility index (Phi) is 3.98. The van der Waals surface area contributed by atoms with Crippen LogP contribution in [-0.2, 0) is 10.3 Å². The van der Waals surface area contributed by atoms with Crippen molar-refractivity contribution in [2.45, 2.75) is 51.0 Å². The number of aliphatic imine (C=N–C) groups is 1. The molecule has 0 radical (unpaired) electrons. The van der Waals surface area contributed by atoms with Gasteiger partial charge in [-0.2, -0.15) is 4.99 Å². The number of phenols is 1. The Labute approximate surface area is 118 Å². The minimum Gasteiger partial charge on any atom is -0.506 e. The van der Waals surface area contributed by atoms with Crippen LogP contribution in [-0.4, -0.2) is 11.2 Å². The predicted molar refractivity (Wildman–Crippen MR) is 75.5 cm³/mol. The SMILES string of the molecule is CC(C)c1cc(Cl)c(O)c(C2(N=C=O)CCCC2)c1. The molecular weight excluding hydrogens is 262 g/mol. The summed E-state index contributed by atoms with van der Waals surface area (Å²) < 4.78 is 0. The van der Waals surface area contributed by atoms with Crippen molar-refractivity contribution < 1.29 is 9.90 Å². The Hall–Kier alpha value is -1.31. The van der Waals surface area contributed by atoms with E-state index in [9.17, 15) is 9.90 Å². The van der Waals surface area contributed by atoms with E-state index in [-0.39, 0.29) is 5.75 Å². The van der Waals surface area contributed by atoms with Gasteiger partial charge in [0, 0.05) is 5.56 Å². The fourth-order valence-corrected chi connectivity index (χ4v) is 3.02. The monoisotopic (exact) mass is 279 g/mol. The van der Waals surface area contributed by atoms with Gasteiger partial charge in [-0.1, -0.05) is 38.3 Å². The number of benzene rings is 1. The summed E-state index contributed by atoms with van der Waals surface area (Å²) in [5.74, 6) is 0.350. The maximum Gasteiger partial charge on any atom is 0.235 e. The highest BCUT2D eigenvalue weighted by Gasteiger charge is 2.38. The van der Waals surface area contributed by atoms with Crippen molar-refractivity contribution in [1.82, 2.24) is 0 Å². The van der Waals surface area contributed by atoms with Gasteiger partial charge in [-0.15, -0.1) is 0 Å². The molecule has 1 aromatic carbocycles. The Morgan fingerprint density at radius 1 is 1.37 bits per heavy atom. The summed E-state index contributed by atoms with van der Waals surface area (Å²) in [6.07, 6.45) is 5.17. The van der Waals surface area contributed by atoms with Gasteiger partial charge in [0.25, 0.3) is 0 Å². The standard InChI is InChI=1S/C15H18ClNO2/c1-10(2)11-7-12(14(19)13(16)8-11)15(17-9-18)5-3-4-6-15/h7-8,10,19H,3-6H2,1-2H3. The summed E-state index contributed by atoms with van der Waals surface area (Å²) in [6, 6.07) is 3.70. The molecule has 1 saturated carbocycles. The first kappa shape index (κ1) is 14.1. The number of halogens is 1. The lowest BCUT2D eigenvalue weighted by Gasteiger charge is -2.25. The van der Waals surface area contributed by atoms with Crippen LogP contribution in [0.3, 0.4) is 0 Å². The third kappa shape index (κ3) is 2.54. The van der Waals surface area contributed by atoms with Gasteiger partial charge in [0.2, 0.25) is 6.08 Å². The normalized spacial score (nSPS) is 17.5. The third-order valence-corrected chi connectivity index (χ3v) is 4.23. The van der Waals surface area contributed by atoms with E-state index in [4.69, 9.17) is 11.6 Å². The molecule has 0 amide bonds. The van der Waals surface area contributed by atoms with Gasteiger partial charge in [0.15, 0.2) is 0 Å². The van der Waals surface area contributed by atoms with Crippen LogP contribution < -0.4 is 0 Å². The van der Waals surface area contributed by atoms with Crippen LogP contribution >= 0.6 is 11.6 Å². The molecule has 0 atom stereocenters. The molecule has 0 unspecified atom stereocenters. The largest absolute Gasteiger partial charge is 0.506 e. The number of nitrogens with zero attached hydrogens (tertiary/aromatic N) is 1. The van der Waals surface area contributed by atoms with Crippen LogP contribution in [0.1, 0.15) is 56.6 Å². The molecule has 1 aliphatic carbocycles. The van der Waals surface area contributed by atoms with Crippen molar-refractivity contribution in [3.63, 3.8) is 0 Å². The van der Waals surface area contributed by atoms with Gasteiger partial charge < -0.3 is 5.11 Å². The highest BCUT2D eigenvalue weighted by molar-refractivity contribution is 6.32. The summed E-state index contributed by atoms with van der Waals surface area (Å²) in [7, 11) is 0. The summed E-state index contributed by atoms with van der Waals surface area (Å²) in [4.78, 5) is 14.8. The number of hydrogen-bond donors (Lipinski definition) is 1. The number of rotatable bonds is 3. The molecule has 102 valence electrons. The minimum atomic E-state index is -0.639. The van der Waals surface area contributed by atoms with Crippen LogP contribution in [0.15, 0.2) is 17.1 Å². The van der Waals surface area contributed by atoms with E-state index >= 15 is 0 Å². The van der Waals surface area contributed by atoms with Crippen LogP contribution in [0.5, 0.6) is 5.75 Å². The number of hydrogen-bond acceptors (Lipinski definition) is 3. The average molecular weight is 280 g/mol. The van der Waals surface area contributed by atoms with Crippen molar-refractivity contribution >= 4 is 17.7 Å². The maximum atomic E-state index is 10.7. The molecule has 0 spiro atoms. The average Bonchev–Trinajstić information content (AvgIpc) is 2.82. The fourth-order valence-electron chi connectivity index (χ4n) is 2.80. The molecule has 0 aromatic heterocycles. The van der Waals surface area contributed by atoms with Crippen molar-refractivity contribution in [3.8, 4) is 5.75 Å². The molecule has 1 aromatic rings. The lowest BCUT2D eigenvalue weighted by atomic mass is 9.85. The van der Waals surface area contributed by atoms with Gasteiger partial charge in [-0.05, 0) is 36.5 Å². The highest BCUT2D eigenvalue weighted by atomic mass is 35.5. The van der Waals surface area contributed by atoms with Crippen molar-refractivity contribution in [2.75, 3.05) is 0 Å². The number of carbonyl (C=O) groups excluding carboxylic acids is 1. The zero-order valence-electron chi connectivity index (χ0n) is 11.2. The molecule has 0 heterocycles. The first-order chi connectivity index (χ1) is 9.00. The summed E-state index contributed by atoms with van der Waals surface area (Å²) in [6.45, 7) is 4.13. The lowest BCUT2D eigenvalue weighted by Crippen LogP contribution is -2.19. The van der Waals surface area contributed by atoms with E-state index in [0.29, 0.717) is 16.5 Å². The number of aromatic hydroxyl groups is 1. The Morgan fingerprint density at radius 3 is 2.53 bits per heavy atom. The van der Waals surface area contributed by atoms with Crippen LogP contribution in [0.2, 0.25) is 5.02 Å². The first-order valence-corrected chi connectivity index (χ1v) is 7.00. The van der Waals surface area contributed by atoms with Gasteiger partial charge in [-0.25, -0.2) is 4.79 Å². The second-order valence-electron chi connectivity index (χ2n) is 5.50. The first-order valence-electron chi connectivity index (χ1n) is 6.62. The Balaban J connectivity index is 2.62. The summed E-state index contributed by atoms with van der Waals surface area (Å²) >= 11 is 6.11. The lowest BCUT2D eigenvalue weighted by molar-refractivity contribution is 0.408. The fraction of sp³-hybridized carbons (Fsp3) is 0.533. The second kappa shape index (κ2) is 5.36. The van der Waals surface area contributed by atoms with E-state index in [1.807, 2.05) is 6.07 Å². The molecule has 0 aliphatic heterocycles. The minimum absolute atomic E-state index is 0.0481. The van der Waals surface area contributed by atoms with Gasteiger partial charge in [-0.3, -0.25) is 0 Å².